The van der Waals surface area contributed by atoms with Crippen molar-refractivity contribution in [3.63, 3.8) is 0 Å². The van der Waals surface area contributed by atoms with E-state index in [9.17, 15) is 15.3 Å². The number of hydrogen-bond donors (Lipinski definition) is 4. The molecule has 4 nitrogen and oxygen atoms in total. The van der Waals surface area contributed by atoms with E-state index in [1.807, 2.05) is 0 Å². The molecule has 0 unspecified atom stereocenters. The maximum atomic E-state index is 9.53. The lowest BCUT2D eigenvalue weighted by atomic mass is 10.1. The lowest BCUT2D eigenvalue weighted by molar-refractivity contribution is 0.371. The summed E-state index contributed by atoms with van der Waals surface area (Å²) in [4.78, 5) is 0. The monoisotopic (exact) mass is 191 g/mol. The molecule has 0 saturated heterocycles. The molecule has 2 rings (SSSR count). The third kappa shape index (κ3) is 1.01. The molecular formula is C10H9NO3. The molecule has 5 N–H and O–H groups in total. The Morgan fingerprint density at radius 2 is 1.71 bits per heavy atom. The van der Waals surface area contributed by atoms with Gasteiger partial charge in [0.1, 0.15) is 0 Å². The lowest BCUT2D eigenvalue weighted by Gasteiger charge is -2.07. The van der Waals surface area contributed by atoms with Crippen LogP contribution in [-0.2, 0) is 0 Å². The van der Waals surface area contributed by atoms with Crippen molar-refractivity contribution in [3.8, 4) is 17.2 Å². The standard InChI is InChI=1S/C10H9NO3/c11-6-3-1-2-5-4-7(12)9(13)10(14)8(5)6/h1-4,12-14H,11H2. The molecule has 0 radical (unpaired) electrons. The van der Waals surface area contributed by atoms with Gasteiger partial charge in [-0.15, -0.1) is 0 Å². The van der Waals surface area contributed by atoms with Gasteiger partial charge in [0, 0.05) is 5.69 Å². The minimum atomic E-state index is -0.546. The second kappa shape index (κ2) is 2.70. The van der Waals surface area contributed by atoms with Crippen molar-refractivity contribution < 1.29 is 15.3 Å². The van der Waals surface area contributed by atoms with E-state index >= 15 is 0 Å². The van der Waals surface area contributed by atoms with Crippen molar-refractivity contribution in [3.05, 3.63) is 24.3 Å². The van der Waals surface area contributed by atoms with Crippen LogP contribution in [0.5, 0.6) is 17.2 Å². The normalized spacial score (nSPS) is 10.6. The third-order valence-corrected chi connectivity index (χ3v) is 2.12. The van der Waals surface area contributed by atoms with Gasteiger partial charge in [0.15, 0.2) is 11.5 Å². The number of aromatic hydroxyl groups is 3. The molecule has 0 saturated carbocycles. The topological polar surface area (TPSA) is 86.7 Å². The summed E-state index contributed by atoms with van der Waals surface area (Å²) in [5.41, 5.74) is 5.98. The molecular weight excluding hydrogens is 182 g/mol. The average Bonchev–Trinajstić information content (AvgIpc) is 2.14. The van der Waals surface area contributed by atoms with E-state index in [0.717, 1.165) is 0 Å². The smallest absolute Gasteiger partial charge is 0.201 e. The zero-order valence-corrected chi connectivity index (χ0v) is 7.23. The van der Waals surface area contributed by atoms with Crippen LogP contribution in [0.3, 0.4) is 0 Å². The molecule has 0 amide bonds. The van der Waals surface area contributed by atoms with Gasteiger partial charge >= 0.3 is 0 Å². The van der Waals surface area contributed by atoms with Crippen LogP contribution in [0, 0.1) is 0 Å². The molecule has 0 aliphatic rings. The van der Waals surface area contributed by atoms with Crippen LogP contribution in [0.2, 0.25) is 0 Å². The van der Waals surface area contributed by atoms with Gasteiger partial charge in [-0.25, -0.2) is 0 Å². The highest BCUT2D eigenvalue weighted by Gasteiger charge is 2.12. The molecule has 2 aromatic carbocycles. The van der Waals surface area contributed by atoms with Gasteiger partial charge in [-0.05, 0) is 17.5 Å². The van der Waals surface area contributed by atoms with Crippen molar-refractivity contribution in [1.82, 2.24) is 0 Å². The van der Waals surface area contributed by atoms with E-state index in [-0.39, 0.29) is 5.75 Å². The van der Waals surface area contributed by atoms with Crippen molar-refractivity contribution in [2.45, 2.75) is 0 Å². The molecule has 0 heterocycles. The van der Waals surface area contributed by atoms with Crippen LogP contribution in [0.1, 0.15) is 0 Å². The SMILES string of the molecule is Nc1cccc2cc(O)c(O)c(O)c12. The van der Waals surface area contributed by atoms with Crippen LogP contribution >= 0.6 is 0 Å². The fourth-order valence-electron chi connectivity index (χ4n) is 1.44. The number of hydrogen-bond acceptors (Lipinski definition) is 4. The molecule has 0 atom stereocenters. The van der Waals surface area contributed by atoms with E-state index < -0.39 is 11.5 Å². The van der Waals surface area contributed by atoms with Crippen molar-refractivity contribution in [1.29, 1.82) is 0 Å². The van der Waals surface area contributed by atoms with E-state index in [1.165, 1.54) is 6.07 Å². The first-order chi connectivity index (χ1) is 6.61. The molecule has 14 heavy (non-hydrogen) atoms. The lowest BCUT2D eigenvalue weighted by Crippen LogP contribution is -1.87. The predicted octanol–water partition coefficient (Wildman–Crippen LogP) is 1.54. The van der Waals surface area contributed by atoms with Crippen LogP contribution < -0.4 is 5.73 Å². The number of nitrogen functional groups attached to an aromatic ring is 1. The van der Waals surface area contributed by atoms with Gasteiger partial charge in [0.05, 0.1) is 5.39 Å². The van der Waals surface area contributed by atoms with Crippen molar-refractivity contribution in [2.75, 3.05) is 5.73 Å². The summed E-state index contributed by atoms with van der Waals surface area (Å²) < 4.78 is 0. The van der Waals surface area contributed by atoms with E-state index in [2.05, 4.69) is 0 Å². The van der Waals surface area contributed by atoms with Gasteiger partial charge < -0.3 is 21.1 Å². The number of phenolic OH excluding ortho intramolecular Hbond substituents is 3. The molecule has 4 heteroatoms. The summed E-state index contributed by atoms with van der Waals surface area (Å²) in [6.07, 6.45) is 0. The first-order valence-corrected chi connectivity index (χ1v) is 4.03. The quantitative estimate of drug-likeness (QED) is 0.375. The highest BCUT2D eigenvalue weighted by atomic mass is 16.3. The summed E-state index contributed by atoms with van der Waals surface area (Å²) >= 11 is 0. The number of rotatable bonds is 0. The fraction of sp³-hybridized carbons (Fsp3) is 0. The zero-order chi connectivity index (χ0) is 10.3. The largest absolute Gasteiger partial charge is 0.504 e. The van der Waals surface area contributed by atoms with Crippen LogP contribution in [0.4, 0.5) is 5.69 Å². The van der Waals surface area contributed by atoms with E-state index in [0.29, 0.717) is 16.5 Å². The van der Waals surface area contributed by atoms with Crippen molar-refractivity contribution in [2.24, 2.45) is 0 Å². The first kappa shape index (κ1) is 8.50. The molecule has 0 aliphatic carbocycles. The van der Waals surface area contributed by atoms with Gasteiger partial charge in [0.25, 0.3) is 0 Å². The second-order valence-electron chi connectivity index (χ2n) is 3.04. The zero-order valence-electron chi connectivity index (χ0n) is 7.23. The number of nitrogens with two attached hydrogens (primary N) is 1. The highest BCUT2D eigenvalue weighted by Crippen LogP contribution is 2.42. The Morgan fingerprint density at radius 3 is 2.43 bits per heavy atom. The Morgan fingerprint density at radius 1 is 1.00 bits per heavy atom. The second-order valence-corrected chi connectivity index (χ2v) is 3.04. The Kier molecular flexibility index (Phi) is 1.64. The van der Waals surface area contributed by atoms with Crippen LogP contribution in [-0.4, -0.2) is 15.3 Å². The molecule has 2 aromatic rings. The fourth-order valence-corrected chi connectivity index (χ4v) is 1.44. The predicted molar refractivity (Wildman–Crippen MR) is 53.4 cm³/mol. The number of fused-ring (bicyclic) bond motifs is 1. The molecule has 0 bridgehead atoms. The molecule has 72 valence electrons. The van der Waals surface area contributed by atoms with Gasteiger partial charge in [-0.2, -0.15) is 0 Å². The Bertz CT molecular complexity index is 508. The Labute approximate surface area is 79.8 Å². The highest BCUT2D eigenvalue weighted by molar-refractivity contribution is 6.00. The molecule has 0 aromatic heterocycles. The van der Waals surface area contributed by atoms with Crippen molar-refractivity contribution >= 4 is 16.5 Å². The summed E-state index contributed by atoms with van der Waals surface area (Å²) in [6.45, 7) is 0. The number of benzene rings is 2. The minimum Gasteiger partial charge on any atom is -0.504 e. The van der Waals surface area contributed by atoms with E-state index in [1.54, 1.807) is 18.2 Å². The maximum Gasteiger partial charge on any atom is 0.201 e. The first-order valence-electron chi connectivity index (χ1n) is 4.03. The van der Waals surface area contributed by atoms with Crippen LogP contribution in [0.25, 0.3) is 10.8 Å². The third-order valence-electron chi connectivity index (χ3n) is 2.12. The Hall–Kier alpha value is -2.10. The summed E-state index contributed by atoms with van der Waals surface area (Å²) in [6, 6.07) is 6.34. The van der Waals surface area contributed by atoms with Gasteiger partial charge in [-0.3, -0.25) is 0 Å². The number of anilines is 1. The van der Waals surface area contributed by atoms with Gasteiger partial charge in [0.2, 0.25) is 5.75 Å². The van der Waals surface area contributed by atoms with Crippen LogP contribution in [0.15, 0.2) is 24.3 Å². The molecule has 0 fully saturated rings. The summed E-state index contributed by atoms with van der Waals surface area (Å²) in [5, 5.41) is 29.0. The van der Waals surface area contributed by atoms with E-state index in [4.69, 9.17) is 5.73 Å². The summed E-state index contributed by atoms with van der Waals surface area (Å²) in [7, 11) is 0. The maximum absolute atomic E-state index is 9.53. The summed E-state index contributed by atoms with van der Waals surface area (Å²) in [5.74, 6) is -1.30. The molecule has 0 aliphatic heterocycles. The minimum absolute atomic E-state index is 0.350. The average molecular weight is 191 g/mol. The molecule has 0 spiro atoms. The Balaban J connectivity index is 2.99. The van der Waals surface area contributed by atoms with Gasteiger partial charge in [-0.1, -0.05) is 12.1 Å². The number of phenols is 3.